The van der Waals surface area contributed by atoms with E-state index in [2.05, 4.69) is 46.6 Å². The predicted octanol–water partition coefficient (Wildman–Crippen LogP) is 5.74. The zero-order valence-electron chi connectivity index (χ0n) is 13.6. The summed E-state index contributed by atoms with van der Waals surface area (Å²) in [6.45, 7) is 4.33. The first-order valence-corrected chi connectivity index (χ1v) is 8.21. The van der Waals surface area contributed by atoms with E-state index in [1.54, 1.807) is 6.20 Å². The number of rotatable bonds is 5. The third-order valence-corrected chi connectivity index (χ3v) is 3.87. The van der Waals surface area contributed by atoms with E-state index in [-0.39, 0.29) is 0 Å². The van der Waals surface area contributed by atoms with Crippen LogP contribution in [0.25, 0.3) is 0 Å². The summed E-state index contributed by atoms with van der Waals surface area (Å²) in [7, 11) is 0. The van der Waals surface area contributed by atoms with Crippen LogP contribution >= 0.6 is 11.6 Å². The average molecular weight is 339 g/mol. The average Bonchev–Trinajstić information content (AvgIpc) is 2.59. The number of para-hydroxylation sites is 1. The fraction of sp³-hybridized carbons (Fsp3) is 0.158. The standard InChI is InChI=1S/C19H19ClN4/c1-13(2)14-7-6-10-16(11-14)22-18-17(20)12-21-19(24-18)23-15-8-4-3-5-9-15/h3-13H,1-2H3,(H2,21,22,23,24). The van der Waals surface area contributed by atoms with E-state index in [9.17, 15) is 0 Å². The monoisotopic (exact) mass is 338 g/mol. The summed E-state index contributed by atoms with van der Waals surface area (Å²) >= 11 is 6.24. The summed E-state index contributed by atoms with van der Waals surface area (Å²) in [5.74, 6) is 1.53. The van der Waals surface area contributed by atoms with Gasteiger partial charge in [0.15, 0.2) is 5.82 Å². The van der Waals surface area contributed by atoms with Crippen LogP contribution < -0.4 is 10.6 Å². The molecular formula is C19H19ClN4. The molecule has 0 radical (unpaired) electrons. The normalized spacial score (nSPS) is 10.7. The Labute approximate surface area is 146 Å². The largest absolute Gasteiger partial charge is 0.339 e. The first-order chi connectivity index (χ1) is 11.6. The van der Waals surface area contributed by atoms with Crippen LogP contribution in [0.15, 0.2) is 60.8 Å². The molecule has 1 aromatic heterocycles. The lowest BCUT2D eigenvalue weighted by atomic mass is 10.0. The maximum atomic E-state index is 6.24. The van der Waals surface area contributed by atoms with Crippen molar-refractivity contribution >= 4 is 34.7 Å². The molecule has 2 aromatic carbocycles. The van der Waals surface area contributed by atoms with Gasteiger partial charge in [-0.2, -0.15) is 4.98 Å². The van der Waals surface area contributed by atoms with E-state index in [0.717, 1.165) is 11.4 Å². The molecule has 0 atom stereocenters. The Morgan fingerprint density at radius 1 is 0.917 bits per heavy atom. The molecule has 0 unspecified atom stereocenters. The Balaban J connectivity index is 1.83. The van der Waals surface area contributed by atoms with Gasteiger partial charge in [0.2, 0.25) is 5.95 Å². The van der Waals surface area contributed by atoms with Gasteiger partial charge in [0.25, 0.3) is 0 Å². The molecule has 0 aliphatic heterocycles. The van der Waals surface area contributed by atoms with Crippen molar-refractivity contribution in [3.05, 3.63) is 71.4 Å². The van der Waals surface area contributed by atoms with Crippen molar-refractivity contribution in [3.63, 3.8) is 0 Å². The number of hydrogen-bond donors (Lipinski definition) is 2. The highest BCUT2D eigenvalue weighted by Crippen LogP contribution is 2.26. The fourth-order valence-corrected chi connectivity index (χ4v) is 2.42. The van der Waals surface area contributed by atoms with Crippen LogP contribution in [0.1, 0.15) is 25.3 Å². The van der Waals surface area contributed by atoms with Crippen LogP contribution in [0.4, 0.5) is 23.1 Å². The molecule has 0 aliphatic carbocycles. The van der Waals surface area contributed by atoms with Crippen LogP contribution in [0.2, 0.25) is 5.02 Å². The zero-order valence-corrected chi connectivity index (χ0v) is 14.4. The molecule has 122 valence electrons. The van der Waals surface area contributed by atoms with Gasteiger partial charge in [-0.05, 0) is 35.7 Å². The smallest absolute Gasteiger partial charge is 0.229 e. The van der Waals surface area contributed by atoms with Crippen molar-refractivity contribution in [3.8, 4) is 0 Å². The molecule has 0 aliphatic rings. The first kappa shape index (κ1) is 16.3. The molecule has 0 saturated heterocycles. The van der Waals surface area contributed by atoms with Gasteiger partial charge in [-0.25, -0.2) is 4.98 Å². The summed E-state index contributed by atoms with van der Waals surface area (Å²) in [6.07, 6.45) is 1.59. The minimum absolute atomic E-state index is 0.461. The Bertz CT molecular complexity index is 819. The fourth-order valence-electron chi connectivity index (χ4n) is 2.28. The van der Waals surface area contributed by atoms with Crippen molar-refractivity contribution in [2.75, 3.05) is 10.6 Å². The third-order valence-electron chi connectivity index (χ3n) is 3.59. The molecule has 0 fully saturated rings. The minimum Gasteiger partial charge on any atom is -0.339 e. The maximum absolute atomic E-state index is 6.24. The summed E-state index contributed by atoms with van der Waals surface area (Å²) in [4.78, 5) is 8.70. The lowest BCUT2D eigenvalue weighted by Gasteiger charge is -2.12. The van der Waals surface area contributed by atoms with E-state index in [1.165, 1.54) is 5.56 Å². The number of aromatic nitrogens is 2. The Kier molecular flexibility index (Phi) is 4.96. The van der Waals surface area contributed by atoms with Gasteiger partial charge >= 0.3 is 0 Å². The van der Waals surface area contributed by atoms with Crippen molar-refractivity contribution in [1.29, 1.82) is 0 Å². The second kappa shape index (κ2) is 7.32. The molecule has 4 nitrogen and oxygen atoms in total. The second-order valence-corrected chi connectivity index (χ2v) is 6.19. The van der Waals surface area contributed by atoms with Crippen LogP contribution in [-0.4, -0.2) is 9.97 Å². The summed E-state index contributed by atoms with van der Waals surface area (Å²) in [5.41, 5.74) is 3.13. The van der Waals surface area contributed by atoms with E-state index < -0.39 is 0 Å². The highest BCUT2D eigenvalue weighted by molar-refractivity contribution is 6.32. The lowest BCUT2D eigenvalue weighted by Crippen LogP contribution is -2.01. The molecule has 0 spiro atoms. The quantitative estimate of drug-likeness (QED) is 0.622. The van der Waals surface area contributed by atoms with Crippen LogP contribution in [0, 0.1) is 0 Å². The van der Waals surface area contributed by atoms with E-state index in [1.807, 2.05) is 42.5 Å². The van der Waals surface area contributed by atoms with Gasteiger partial charge in [0.05, 0.1) is 6.20 Å². The number of nitrogens with zero attached hydrogens (tertiary/aromatic N) is 2. The highest BCUT2D eigenvalue weighted by atomic mass is 35.5. The van der Waals surface area contributed by atoms with Crippen LogP contribution in [0.3, 0.4) is 0 Å². The van der Waals surface area contributed by atoms with Crippen molar-refractivity contribution in [2.45, 2.75) is 19.8 Å². The zero-order chi connectivity index (χ0) is 16.9. The van der Waals surface area contributed by atoms with Crippen molar-refractivity contribution < 1.29 is 0 Å². The van der Waals surface area contributed by atoms with Gasteiger partial charge in [-0.3, -0.25) is 0 Å². The van der Waals surface area contributed by atoms with Gasteiger partial charge in [-0.15, -0.1) is 0 Å². The van der Waals surface area contributed by atoms with Gasteiger partial charge < -0.3 is 10.6 Å². The summed E-state index contributed by atoms with van der Waals surface area (Å²) in [6, 6.07) is 18.0. The molecule has 3 aromatic rings. The first-order valence-electron chi connectivity index (χ1n) is 7.83. The van der Waals surface area contributed by atoms with Crippen molar-refractivity contribution in [2.24, 2.45) is 0 Å². The number of hydrogen-bond acceptors (Lipinski definition) is 4. The predicted molar refractivity (Wildman–Crippen MR) is 101 cm³/mol. The third kappa shape index (κ3) is 4.03. The Morgan fingerprint density at radius 3 is 2.42 bits per heavy atom. The molecule has 24 heavy (non-hydrogen) atoms. The molecule has 0 amide bonds. The molecule has 3 rings (SSSR count). The van der Waals surface area contributed by atoms with E-state index >= 15 is 0 Å². The lowest BCUT2D eigenvalue weighted by molar-refractivity contribution is 0.867. The summed E-state index contributed by atoms with van der Waals surface area (Å²) in [5, 5.41) is 6.91. The van der Waals surface area contributed by atoms with Gasteiger partial charge in [0.1, 0.15) is 5.02 Å². The summed E-state index contributed by atoms with van der Waals surface area (Å²) < 4.78 is 0. The maximum Gasteiger partial charge on any atom is 0.229 e. The van der Waals surface area contributed by atoms with Crippen molar-refractivity contribution in [1.82, 2.24) is 9.97 Å². The number of nitrogens with one attached hydrogen (secondary N) is 2. The van der Waals surface area contributed by atoms with E-state index in [4.69, 9.17) is 11.6 Å². The Hall–Kier alpha value is -2.59. The molecule has 1 heterocycles. The SMILES string of the molecule is CC(C)c1cccc(Nc2nc(Nc3ccccc3)ncc2Cl)c1. The molecular weight excluding hydrogens is 320 g/mol. The number of halogens is 1. The molecule has 2 N–H and O–H groups in total. The van der Waals surface area contributed by atoms with Crippen LogP contribution in [-0.2, 0) is 0 Å². The second-order valence-electron chi connectivity index (χ2n) is 5.79. The van der Waals surface area contributed by atoms with Gasteiger partial charge in [0, 0.05) is 11.4 Å². The molecule has 0 saturated carbocycles. The van der Waals surface area contributed by atoms with Gasteiger partial charge in [-0.1, -0.05) is 55.8 Å². The highest BCUT2D eigenvalue weighted by Gasteiger charge is 2.07. The topological polar surface area (TPSA) is 49.8 Å². The molecule has 5 heteroatoms. The minimum atomic E-state index is 0.461. The van der Waals surface area contributed by atoms with E-state index in [0.29, 0.717) is 22.7 Å². The number of benzene rings is 2. The number of anilines is 4. The Morgan fingerprint density at radius 2 is 1.67 bits per heavy atom. The van der Waals surface area contributed by atoms with Crippen LogP contribution in [0.5, 0.6) is 0 Å². The molecule has 0 bridgehead atoms.